The lowest BCUT2D eigenvalue weighted by Gasteiger charge is -2.28. The molecular formula is C13H13BrFNO. The largest absolute Gasteiger partial charge is 0.355 e. The fourth-order valence-corrected chi connectivity index (χ4v) is 3.24. The number of carbonyl (C=O) groups is 1. The molecule has 1 saturated heterocycles. The summed E-state index contributed by atoms with van der Waals surface area (Å²) in [5, 5.41) is 2.86. The molecule has 0 spiro atoms. The summed E-state index contributed by atoms with van der Waals surface area (Å²) in [7, 11) is 0. The molecule has 1 aromatic carbocycles. The Kier molecular flexibility index (Phi) is 2.51. The van der Waals surface area contributed by atoms with E-state index in [1.54, 1.807) is 6.07 Å². The summed E-state index contributed by atoms with van der Waals surface area (Å²) in [4.78, 5) is 11.5. The van der Waals surface area contributed by atoms with Crippen LogP contribution in [-0.4, -0.2) is 12.5 Å². The first-order valence-corrected chi connectivity index (χ1v) is 6.63. The molecule has 1 aliphatic heterocycles. The molecule has 1 aromatic rings. The Labute approximate surface area is 108 Å². The van der Waals surface area contributed by atoms with Crippen molar-refractivity contribution in [3.05, 3.63) is 34.1 Å². The highest BCUT2D eigenvalue weighted by molar-refractivity contribution is 9.10. The van der Waals surface area contributed by atoms with Gasteiger partial charge in [0.15, 0.2) is 0 Å². The molecule has 17 heavy (non-hydrogen) atoms. The predicted octanol–water partition coefficient (Wildman–Crippen LogP) is 2.76. The Balaban J connectivity index is 2.09. The lowest BCUT2D eigenvalue weighted by Crippen LogP contribution is -2.32. The molecule has 2 aliphatic rings. The maximum Gasteiger partial charge on any atom is 0.221 e. The molecular weight excluding hydrogens is 285 g/mol. The quantitative estimate of drug-likeness (QED) is 0.893. The average molecular weight is 298 g/mol. The first-order chi connectivity index (χ1) is 8.12. The monoisotopic (exact) mass is 297 g/mol. The van der Waals surface area contributed by atoms with Crippen molar-refractivity contribution in [1.29, 1.82) is 0 Å². The maximum absolute atomic E-state index is 14.0. The zero-order valence-corrected chi connectivity index (χ0v) is 10.9. The van der Waals surface area contributed by atoms with Crippen LogP contribution in [0.2, 0.25) is 0 Å². The molecule has 2 fully saturated rings. The van der Waals surface area contributed by atoms with Crippen LogP contribution in [0.3, 0.4) is 0 Å². The molecule has 4 heteroatoms. The predicted molar refractivity (Wildman–Crippen MR) is 66.1 cm³/mol. The number of amides is 1. The average Bonchev–Trinajstić information content (AvgIpc) is 3.07. The summed E-state index contributed by atoms with van der Waals surface area (Å²) in [5.74, 6) is 0.290. The van der Waals surface area contributed by atoms with Crippen LogP contribution < -0.4 is 5.32 Å². The minimum Gasteiger partial charge on any atom is -0.355 e. The second kappa shape index (κ2) is 3.80. The van der Waals surface area contributed by atoms with Crippen molar-refractivity contribution in [2.24, 2.45) is 5.92 Å². The van der Waals surface area contributed by atoms with Gasteiger partial charge in [0.2, 0.25) is 5.91 Å². The molecule has 3 rings (SSSR count). The fourth-order valence-electron chi connectivity index (χ4n) is 2.88. The number of benzene rings is 1. The van der Waals surface area contributed by atoms with Gasteiger partial charge in [0.25, 0.3) is 0 Å². The van der Waals surface area contributed by atoms with Gasteiger partial charge in [0.05, 0.1) is 0 Å². The topological polar surface area (TPSA) is 29.1 Å². The van der Waals surface area contributed by atoms with Gasteiger partial charge in [-0.05, 0) is 42.5 Å². The van der Waals surface area contributed by atoms with Gasteiger partial charge < -0.3 is 5.32 Å². The number of carbonyl (C=O) groups excluding carboxylic acids is 1. The van der Waals surface area contributed by atoms with Crippen molar-refractivity contribution >= 4 is 21.8 Å². The maximum atomic E-state index is 14.0. The van der Waals surface area contributed by atoms with E-state index in [2.05, 4.69) is 21.2 Å². The van der Waals surface area contributed by atoms with E-state index in [4.69, 9.17) is 0 Å². The highest BCUT2D eigenvalue weighted by atomic mass is 79.9. The van der Waals surface area contributed by atoms with Gasteiger partial charge in [-0.15, -0.1) is 0 Å². The number of nitrogens with one attached hydrogen (secondary N) is 1. The molecule has 1 unspecified atom stereocenters. The smallest absolute Gasteiger partial charge is 0.221 e. The van der Waals surface area contributed by atoms with Gasteiger partial charge in [-0.1, -0.05) is 15.9 Å². The normalized spacial score (nSPS) is 28.2. The van der Waals surface area contributed by atoms with Crippen molar-refractivity contribution in [3.63, 3.8) is 0 Å². The van der Waals surface area contributed by atoms with Crippen molar-refractivity contribution < 1.29 is 9.18 Å². The van der Waals surface area contributed by atoms with Crippen LogP contribution in [-0.2, 0) is 10.2 Å². The second-order valence-electron chi connectivity index (χ2n) is 5.01. The third-order valence-corrected chi connectivity index (χ3v) is 4.39. The minimum atomic E-state index is -0.315. The third kappa shape index (κ3) is 1.79. The van der Waals surface area contributed by atoms with E-state index >= 15 is 0 Å². The van der Waals surface area contributed by atoms with Gasteiger partial charge in [-0.2, -0.15) is 0 Å². The van der Waals surface area contributed by atoms with Gasteiger partial charge >= 0.3 is 0 Å². The molecule has 1 heterocycles. The van der Waals surface area contributed by atoms with Crippen molar-refractivity contribution in [2.75, 3.05) is 6.54 Å². The number of rotatable bonds is 2. The van der Waals surface area contributed by atoms with Crippen LogP contribution in [0.1, 0.15) is 24.8 Å². The third-order valence-electron chi connectivity index (χ3n) is 3.90. The molecule has 1 saturated carbocycles. The van der Waals surface area contributed by atoms with Crippen LogP contribution in [0.25, 0.3) is 0 Å². The SMILES string of the molecule is O=C1CC(c2cc(Br)ccc2F)(C2CC2)CN1. The Bertz CT molecular complexity index is 486. The van der Waals surface area contributed by atoms with E-state index in [0.29, 0.717) is 24.4 Å². The fraction of sp³-hybridized carbons (Fsp3) is 0.462. The minimum absolute atomic E-state index is 0.0382. The standard InChI is InChI=1S/C13H13BrFNO/c14-9-3-4-11(15)10(5-9)13(8-1-2-8)6-12(17)16-7-13/h3-5,8H,1-2,6-7H2,(H,16,17). The van der Waals surface area contributed by atoms with Crippen LogP contribution in [0.4, 0.5) is 4.39 Å². The van der Waals surface area contributed by atoms with Crippen molar-refractivity contribution in [3.8, 4) is 0 Å². The van der Waals surface area contributed by atoms with E-state index in [-0.39, 0.29) is 17.1 Å². The Morgan fingerprint density at radius 1 is 1.41 bits per heavy atom. The number of halogens is 2. The Morgan fingerprint density at radius 2 is 2.18 bits per heavy atom. The van der Waals surface area contributed by atoms with Crippen molar-refractivity contribution in [2.45, 2.75) is 24.7 Å². The molecule has 1 N–H and O–H groups in total. The Morgan fingerprint density at radius 3 is 2.76 bits per heavy atom. The molecule has 0 bridgehead atoms. The van der Waals surface area contributed by atoms with E-state index in [9.17, 15) is 9.18 Å². The molecule has 2 nitrogen and oxygen atoms in total. The molecule has 0 aromatic heterocycles. The van der Waals surface area contributed by atoms with Gasteiger partial charge in [0, 0.05) is 22.9 Å². The van der Waals surface area contributed by atoms with E-state index in [0.717, 1.165) is 17.3 Å². The summed E-state index contributed by atoms with van der Waals surface area (Å²) in [6.45, 7) is 0.573. The molecule has 1 amide bonds. The summed E-state index contributed by atoms with van der Waals surface area (Å²) < 4.78 is 14.9. The van der Waals surface area contributed by atoms with E-state index < -0.39 is 0 Å². The van der Waals surface area contributed by atoms with Crippen LogP contribution in [0.5, 0.6) is 0 Å². The number of hydrogen-bond acceptors (Lipinski definition) is 1. The lowest BCUT2D eigenvalue weighted by atomic mass is 9.75. The van der Waals surface area contributed by atoms with Crippen LogP contribution in [0, 0.1) is 11.7 Å². The molecule has 0 radical (unpaired) electrons. The zero-order chi connectivity index (χ0) is 12.0. The highest BCUT2D eigenvalue weighted by Gasteiger charge is 2.51. The molecule has 1 atom stereocenters. The number of hydrogen-bond donors (Lipinski definition) is 1. The van der Waals surface area contributed by atoms with Crippen LogP contribution in [0.15, 0.2) is 22.7 Å². The van der Waals surface area contributed by atoms with Gasteiger partial charge in [-0.3, -0.25) is 4.79 Å². The molecule has 90 valence electrons. The van der Waals surface area contributed by atoms with E-state index in [1.165, 1.54) is 6.07 Å². The summed E-state index contributed by atoms with van der Waals surface area (Å²) in [5.41, 5.74) is 0.373. The van der Waals surface area contributed by atoms with E-state index in [1.807, 2.05) is 6.07 Å². The summed E-state index contributed by atoms with van der Waals surface area (Å²) >= 11 is 3.38. The lowest BCUT2D eigenvalue weighted by molar-refractivity contribution is -0.119. The highest BCUT2D eigenvalue weighted by Crippen LogP contribution is 2.51. The van der Waals surface area contributed by atoms with Crippen LogP contribution >= 0.6 is 15.9 Å². The summed E-state index contributed by atoms with van der Waals surface area (Å²) in [6.07, 6.45) is 2.62. The zero-order valence-electron chi connectivity index (χ0n) is 9.30. The Hall–Kier alpha value is -0.900. The van der Waals surface area contributed by atoms with Crippen molar-refractivity contribution in [1.82, 2.24) is 5.32 Å². The molecule has 1 aliphatic carbocycles. The second-order valence-corrected chi connectivity index (χ2v) is 5.92. The summed E-state index contributed by atoms with van der Waals surface area (Å²) in [6, 6.07) is 5.00. The first-order valence-electron chi connectivity index (χ1n) is 5.84. The van der Waals surface area contributed by atoms with Gasteiger partial charge in [0.1, 0.15) is 5.82 Å². The van der Waals surface area contributed by atoms with Gasteiger partial charge in [-0.25, -0.2) is 4.39 Å². The first kappa shape index (κ1) is 11.2.